The van der Waals surface area contributed by atoms with Crippen molar-refractivity contribution in [1.82, 2.24) is 0 Å². The molecule has 0 unspecified atom stereocenters. The van der Waals surface area contributed by atoms with Crippen LogP contribution in [0, 0.1) is 6.92 Å². The van der Waals surface area contributed by atoms with Gasteiger partial charge in [0.05, 0.1) is 24.4 Å². The second-order valence-corrected chi connectivity index (χ2v) is 4.80. The molecule has 0 amide bonds. The fourth-order valence-corrected chi connectivity index (χ4v) is 2.06. The highest BCUT2D eigenvalue weighted by Crippen LogP contribution is 2.36. The van der Waals surface area contributed by atoms with E-state index in [0.717, 1.165) is 24.3 Å². The summed E-state index contributed by atoms with van der Waals surface area (Å²) in [4.78, 5) is 0. The Labute approximate surface area is 96.4 Å². The van der Waals surface area contributed by atoms with Gasteiger partial charge in [0.1, 0.15) is 5.75 Å². The zero-order chi connectivity index (χ0) is 11.8. The van der Waals surface area contributed by atoms with Crippen LogP contribution in [0.25, 0.3) is 0 Å². The van der Waals surface area contributed by atoms with Crippen molar-refractivity contribution in [3.8, 4) is 5.75 Å². The summed E-state index contributed by atoms with van der Waals surface area (Å²) in [7, 11) is 1.66. The number of hydrogen-bond donors (Lipinski definition) is 2. The SMILES string of the molecule is COc1ccc(C)cc1N[C@H]1CC[C@]1(C)O. The molecule has 0 aliphatic heterocycles. The third-order valence-electron chi connectivity index (χ3n) is 3.37. The van der Waals surface area contributed by atoms with E-state index in [1.54, 1.807) is 7.11 Å². The van der Waals surface area contributed by atoms with Crippen LogP contribution >= 0.6 is 0 Å². The van der Waals surface area contributed by atoms with E-state index < -0.39 is 5.60 Å². The van der Waals surface area contributed by atoms with E-state index in [-0.39, 0.29) is 6.04 Å². The van der Waals surface area contributed by atoms with Crippen LogP contribution in [-0.4, -0.2) is 23.9 Å². The van der Waals surface area contributed by atoms with Gasteiger partial charge in [0.15, 0.2) is 0 Å². The van der Waals surface area contributed by atoms with Crippen molar-refractivity contribution in [3.63, 3.8) is 0 Å². The van der Waals surface area contributed by atoms with Crippen LogP contribution < -0.4 is 10.1 Å². The molecule has 2 atom stereocenters. The number of nitrogens with one attached hydrogen (secondary N) is 1. The predicted octanol–water partition coefficient (Wildman–Crippen LogP) is 2.33. The van der Waals surface area contributed by atoms with E-state index >= 15 is 0 Å². The maximum atomic E-state index is 9.96. The van der Waals surface area contributed by atoms with E-state index in [0.29, 0.717) is 0 Å². The first-order valence-corrected chi connectivity index (χ1v) is 5.66. The Kier molecular flexibility index (Phi) is 2.80. The fourth-order valence-electron chi connectivity index (χ4n) is 2.06. The van der Waals surface area contributed by atoms with Crippen LogP contribution in [0.1, 0.15) is 25.3 Å². The zero-order valence-corrected chi connectivity index (χ0v) is 10.1. The summed E-state index contributed by atoms with van der Waals surface area (Å²) < 4.78 is 5.29. The fraction of sp³-hybridized carbons (Fsp3) is 0.538. The number of rotatable bonds is 3. The Morgan fingerprint density at radius 1 is 1.50 bits per heavy atom. The van der Waals surface area contributed by atoms with E-state index in [2.05, 4.69) is 5.32 Å². The lowest BCUT2D eigenvalue weighted by atomic mass is 9.76. The first-order valence-electron chi connectivity index (χ1n) is 5.66. The molecule has 0 spiro atoms. The van der Waals surface area contributed by atoms with E-state index in [1.807, 2.05) is 32.0 Å². The van der Waals surface area contributed by atoms with Crippen LogP contribution in [-0.2, 0) is 0 Å². The lowest BCUT2D eigenvalue weighted by Crippen LogP contribution is -2.53. The normalized spacial score (nSPS) is 28.4. The van der Waals surface area contributed by atoms with Crippen LogP contribution in [0.4, 0.5) is 5.69 Å². The molecule has 1 fully saturated rings. The number of anilines is 1. The first-order chi connectivity index (χ1) is 7.53. The maximum absolute atomic E-state index is 9.96. The smallest absolute Gasteiger partial charge is 0.141 e. The Bertz CT molecular complexity index is 388. The number of aryl methyl sites for hydroxylation is 1. The monoisotopic (exact) mass is 221 g/mol. The van der Waals surface area contributed by atoms with Crippen LogP contribution in [0.3, 0.4) is 0 Å². The van der Waals surface area contributed by atoms with Gasteiger partial charge < -0.3 is 15.2 Å². The van der Waals surface area contributed by atoms with Crippen molar-refractivity contribution in [3.05, 3.63) is 23.8 Å². The minimum absolute atomic E-state index is 0.128. The third kappa shape index (κ3) is 2.00. The summed E-state index contributed by atoms with van der Waals surface area (Å²) in [6.45, 7) is 3.92. The lowest BCUT2D eigenvalue weighted by Gasteiger charge is -2.43. The van der Waals surface area contributed by atoms with Gasteiger partial charge in [-0.1, -0.05) is 6.07 Å². The van der Waals surface area contributed by atoms with Gasteiger partial charge in [0, 0.05) is 0 Å². The van der Waals surface area contributed by atoms with Crippen molar-refractivity contribution < 1.29 is 9.84 Å². The highest BCUT2D eigenvalue weighted by molar-refractivity contribution is 5.59. The molecule has 0 saturated heterocycles. The van der Waals surface area contributed by atoms with Gasteiger partial charge in [-0.25, -0.2) is 0 Å². The summed E-state index contributed by atoms with van der Waals surface area (Å²) in [6, 6.07) is 6.14. The van der Waals surface area contributed by atoms with Crippen molar-refractivity contribution in [2.24, 2.45) is 0 Å². The van der Waals surface area contributed by atoms with Crippen molar-refractivity contribution in [2.75, 3.05) is 12.4 Å². The molecule has 0 bridgehead atoms. The van der Waals surface area contributed by atoms with Gasteiger partial charge in [-0.05, 0) is 44.4 Å². The number of aliphatic hydroxyl groups is 1. The van der Waals surface area contributed by atoms with E-state index in [4.69, 9.17) is 4.74 Å². The van der Waals surface area contributed by atoms with Crippen molar-refractivity contribution in [2.45, 2.75) is 38.3 Å². The standard InChI is InChI=1S/C13H19NO2/c1-9-4-5-11(16-3)10(8-9)14-12-6-7-13(12,2)15/h4-5,8,12,14-15H,6-7H2,1-3H3/t12-,13-/m0/s1. The quantitative estimate of drug-likeness (QED) is 0.823. The maximum Gasteiger partial charge on any atom is 0.141 e. The average molecular weight is 221 g/mol. The van der Waals surface area contributed by atoms with Crippen molar-refractivity contribution in [1.29, 1.82) is 0 Å². The molecule has 0 aromatic heterocycles. The average Bonchev–Trinajstić information content (AvgIpc) is 2.25. The molecule has 2 rings (SSSR count). The summed E-state index contributed by atoms with van der Waals surface area (Å²) in [5.74, 6) is 0.827. The van der Waals surface area contributed by atoms with Crippen LogP contribution in [0.5, 0.6) is 5.75 Å². The minimum atomic E-state index is -0.589. The first kappa shape index (κ1) is 11.3. The highest BCUT2D eigenvalue weighted by atomic mass is 16.5. The van der Waals surface area contributed by atoms with Crippen LogP contribution in [0.15, 0.2) is 18.2 Å². The molecule has 2 N–H and O–H groups in total. The highest BCUT2D eigenvalue weighted by Gasteiger charge is 2.41. The molecule has 1 aliphatic carbocycles. The summed E-state index contributed by atoms with van der Waals surface area (Å²) in [5, 5.41) is 13.3. The topological polar surface area (TPSA) is 41.5 Å². The van der Waals surface area contributed by atoms with Gasteiger partial charge in [-0.3, -0.25) is 0 Å². The summed E-state index contributed by atoms with van der Waals surface area (Å²) >= 11 is 0. The molecule has 1 aromatic carbocycles. The third-order valence-corrected chi connectivity index (χ3v) is 3.37. The minimum Gasteiger partial charge on any atom is -0.495 e. The number of methoxy groups -OCH3 is 1. The molecule has 1 aromatic rings. The molecule has 0 heterocycles. The van der Waals surface area contributed by atoms with Gasteiger partial charge in [0.2, 0.25) is 0 Å². The molecule has 16 heavy (non-hydrogen) atoms. The van der Waals surface area contributed by atoms with Gasteiger partial charge in [-0.15, -0.1) is 0 Å². The Hall–Kier alpha value is -1.22. The molecular formula is C13H19NO2. The molecule has 1 saturated carbocycles. The van der Waals surface area contributed by atoms with Crippen LogP contribution in [0.2, 0.25) is 0 Å². The Balaban J connectivity index is 2.17. The van der Waals surface area contributed by atoms with Crippen molar-refractivity contribution >= 4 is 5.69 Å². The molecule has 88 valence electrons. The van der Waals surface area contributed by atoms with E-state index in [9.17, 15) is 5.11 Å². The second kappa shape index (κ2) is 3.98. The van der Waals surface area contributed by atoms with Gasteiger partial charge in [-0.2, -0.15) is 0 Å². The molecule has 3 nitrogen and oxygen atoms in total. The molecular weight excluding hydrogens is 202 g/mol. The molecule has 1 aliphatic rings. The Morgan fingerprint density at radius 2 is 2.25 bits per heavy atom. The summed E-state index contributed by atoms with van der Waals surface area (Å²) in [6.07, 6.45) is 1.86. The number of ether oxygens (including phenoxy) is 1. The molecule has 3 heteroatoms. The number of hydrogen-bond acceptors (Lipinski definition) is 3. The zero-order valence-electron chi connectivity index (χ0n) is 10.1. The molecule has 0 radical (unpaired) electrons. The van der Waals surface area contributed by atoms with Gasteiger partial charge in [0.25, 0.3) is 0 Å². The largest absolute Gasteiger partial charge is 0.495 e. The van der Waals surface area contributed by atoms with Gasteiger partial charge >= 0.3 is 0 Å². The second-order valence-electron chi connectivity index (χ2n) is 4.80. The Morgan fingerprint density at radius 3 is 2.75 bits per heavy atom. The lowest BCUT2D eigenvalue weighted by molar-refractivity contribution is -0.0286. The predicted molar refractivity (Wildman–Crippen MR) is 65.0 cm³/mol. The summed E-state index contributed by atoms with van der Waals surface area (Å²) in [5.41, 5.74) is 1.56. The number of benzene rings is 1. The van der Waals surface area contributed by atoms with E-state index in [1.165, 1.54) is 5.56 Å².